The van der Waals surface area contributed by atoms with E-state index in [1.807, 2.05) is 24.3 Å². The van der Waals surface area contributed by atoms with Crippen LogP contribution in [-0.2, 0) is 26.8 Å². The fraction of sp³-hybridized carbons (Fsp3) is 0.192. The van der Waals surface area contributed by atoms with Crippen LogP contribution in [0.25, 0.3) is 10.8 Å². The van der Waals surface area contributed by atoms with E-state index < -0.39 is 15.7 Å². The van der Waals surface area contributed by atoms with Crippen LogP contribution in [0.4, 0.5) is 4.39 Å². The minimum Gasteiger partial charge on any atom is -0.299 e. The highest BCUT2D eigenvalue weighted by atomic mass is 32.2. The van der Waals surface area contributed by atoms with Gasteiger partial charge in [-0.15, -0.1) is 0 Å². The van der Waals surface area contributed by atoms with E-state index in [1.165, 1.54) is 18.3 Å². The van der Waals surface area contributed by atoms with E-state index in [2.05, 4.69) is 9.97 Å². The van der Waals surface area contributed by atoms with Crippen LogP contribution in [0.5, 0.6) is 0 Å². The molecule has 0 spiro atoms. The summed E-state index contributed by atoms with van der Waals surface area (Å²) in [5.74, 6) is -1.37. The third-order valence-electron chi connectivity index (χ3n) is 6.06. The van der Waals surface area contributed by atoms with Crippen molar-refractivity contribution in [3.8, 4) is 0 Å². The van der Waals surface area contributed by atoms with Crippen LogP contribution in [0.3, 0.4) is 0 Å². The molecule has 166 valence electrons. The van der Waals surface area contributed by atoms with Crippen LogP contribution in [0.1, 0.15) is 29.2 Å². The molecule has 7 heteroatoms. The average molecular weight is 461 g/mol. The molecule has 33 heavy (non-hydrogen) atoms. The summed E-state index contributed by atoms with van der Waals surface area (Å²) in [6, 6.07) is 16.5. The molecule has 0 bridgehead atoms. The molecule has 2 atom stereocenters. The second kappa shape index (κ2) is 8.48. The number of fused-ring (bicyclic) bond motifs is 1. The lowest BCUT2D eigenvalue weighted by Gasteiger charge is -2.11. The Morgan fingerprint density at radius 2 is 1.88 bits per heavy atom. The number of benzene rings is 2. The minimum atomic E-state index is -3.74. The van der Waals surface area contributed by atoms with Crippen molar-refractivity contribution < 1.29 is 17.6 Å². The van der Waals surface area contributed by atoms with Crippen molar-refractivity contribution in [1.82, 2.24) is 9.97 Å². The van der Waals surface area contributed by atoms with E-state index in [9.17, 15) is 17.6 Å². The number of halogens is 1. The molecule has 2 heterocycles. The Hall–Kier alpha value is -3.45. The number of nitrogens with zero attached hydrogens (tertiary/aromatic N) is 2. The van der Waals surface area contributed by atoms with E-state index in [1.54, 1.807) is 30.6 Å². The van der Waals surface area contributed by atoms with Crippen molar-refractivity contribution in [2.75, 3.05) is 0 Å². The van der Waals surface area contributed by atoms with Gasteiger partial charge in [0.05, 0.1) is 16.3 Å². The second-order valence-corrected chi connectivity index (χ2v) is 10.4. The number of hydrogen-bond acceptors (Lipinski definition) is 5. The van der Waals surface area contributed by atoms with E-state index >= 15 is 0 Å². The molecule has 2 aromatic heterocycles. The van der Waals surface area contributed by atoms with Gasteiger partial charge < -0.3 is 0 Å². The van der Waals surface area contributed by atoms with Gasteiger partial charge in [0.1, 0.15) is 11.6 Å². The smallest absolute Gasteiger partial charge is 0.184 e. The molecule has 1 aliphatic carbocycles. The molecule has 0 saturated heterocycles. The normalized spacial score (nSPS) is 17.7. The summed E-state index contributed by atoms with van der Waals surface area (Å²) in [5.41, 5.74) is 1.70. The third kappa shape index (κ3) is 4.54. The van der Waals surface area contributed by atoms with Crippen LogP contribution < -0.4 is 0 Å². The number of pyridine rings is 2. The molecule has 4 aromatic rings. The van der Waals surface area contributed by atoms with Gasteiger partial charge in [0.25, 0.3) is 0 Å². The lowest BCUT2D eigenvalue weighted by molar-refractivity contribution is -0.119. The first-order chi connectivity index (χ1) is 15.9. The maximum absolute atomic E-state index is 14.1. The fourth-order valence-electron chi connectivity index (χ4n) is 4.32. The Balaban J connectivity index is 1.37. The fourth-order valence-corrected chi connectivity index (χ4v) is 5.88. The predicted molar refractivity (Wildman–Crippen MR) is 123 cm³/mol. The van der Waals surface area contributed by atoms with Crippen LogP contribution in [0, 0.1) is 11.7 Å². The summed E-state index contributed by atoms with van der Waals surface area (Å²) < 4.78 is 40.3. The molecule has 5 nitrogen and oxygen atoms in total. The van der Waals surface area contributed by atoms with Crippen molar-refractivity contribution in [3.63, 3.8) is 0 Å². The van der Waals surface area contributed by atoms with Gasteiger partial charge in [0.15, 0.2) is 9.84 Å². The number of carbonyl (C=O) groups excluding carboxylic acids is 1. The molecule has 0 amide bonds. The zero-order chi connectivity index (χ0) is 23.0. The quantitative estimate of drug-likeness (QED) is 0.375. The molecular formula is C26H21FN2O3S. The second-order valence-electron chi connectivity index (χ2n) is 8.41. The number of Topliss-reactive ketones (excluding diaryl/α,β-unsaturated/α-hetero) is 1. The molecule has 0 N–H and O–H groups in total. The largest absolute Gasteiger partial charge is 0.299 e. The Kier molecular flexibility index (Phi) is 5.50. The molecule has 5 rings (SSSR count). The number of carbonyl (C=O) groups is 1. The molecule has 0 aliphatic heterocycles. The van der Waals surface area contributed by atoms with E-state index in [0.29, 0.717) is 17.7 Å². The molecule has 0 radical (unpaired) electrons. The van der Waals surface area contributed by atoms with Gasteiger partial charge in [0, 0.05) is 36.3 Å². The molecule has 1 aliphatic rings. The topological polar surface area (TPSA) is 77.0 Å². The van der Waals surface area contributed by atoms with E-state index in [4.69, 9.17) is 0 Å². The monoisotopic (exact) mass is 460 g/mol. The Morgan fingerprint density at radius 1 is 1.00 bits per heavy atom. The number of sulfone groups is 1. The van der Waals surface area contributed by atoms with Crippen molar-refractivity contribution in [1.29, 1.82) is 0 Å². The van der Waals surface area contributed by atoms with Gasteiger partial charge in [-0.25, -0.2) is 12.8 Å². The maximum Gasteiger partial charge on any atom is 0.184 e. The molecule has 1 unspecified atom stereocenters. The van der Waals surface area contributed by atoms with E-state index in [0.717, 1.165) is 22.4 Å². The first-order valence-corrected chi connectivity index (χ1v) is 12.3. The maximum atomic E-state index is 14.1. The van der Waals surface area contributed by atoms with Gasteiger partial charge in [0.2, 0.25) is 0 Å². The lowest BCUT2D eigenvalue weighted by atomic mass is 10.0. The molecule has 1 saturated carbocycles. The summed E-state index contributed by atoms with van der Waals surface area (Å²) in [6.07, 6.45) is 5.79. The van der Waals surface area contributed by atoms with Crippen LogP contribution >= 0.6 is 0 Å². The standard InChI is InChI=1S/C26H21FN2O3S/c27-20-6-7-26(33(31,32)16-21-3-1-2-9-29-21)24(13-20)22-14-23(22)25(30)12-17-4-5-19-15-28-10-8-18(19)11-17/h1-11,13,15,22-23H,12,14,16H2/t22?,23-/m1/s1. The molecular weight excluding hydrogens is 439 g/mol. The van der Waals surface area contributed by atoms with Crippen molar-refractivity contribution in [3.05, 3.63) is 102 Å². The van der Waals surface area contributed by atoms with Crippen molar-refractivity contribution >= 4 is 26.4 Å². The lowest BCUT2D eigenvalue weighted by Crippen LogP contribution is -2.11. The first-order valence-electron chi connectivity index (χ1n) is 10.7. The SMILES string of the molecule is O=C(Cc1ccc2cnccc2c1)[C@@H]1CC1c1cc(F)ccc1S(=O)(=O)Cc1ccccn1. The number of hydrogen-bond donors (Lipinski definition) is 0. The third-order valence-corrected chi connectivity index (χ3v) is 7.78. The number of aromatic nitrogens is 2. The first kappa shape index (κ1) is 21.4. The highest BCUT2D eigenvalue weighted by Gasteiger charge is 2.45. The summed E-state index contributed by atoms with van der Waals surface area (Å²) >= 11 is 0. The van der Waals surface area contributed by atoms with Gasteiger partial charge in [-0.3, -0.25) is 14.8 Å². The molecule has 1 fully saturated rings. The minimum absolute atomic E-state index is 0.0331. The van der Waals surface area contributed by atoms with Gasteiger partial charge in [-0.1, -0.05) is 24.3 Å². The van der Waals surface area contributed by atoms with Gasteiger partial charge >= 0.3 is 0 Å². The Morgan fingerprint density at radius 3 is 2.70 bits per heavy atom. The highest BCUT2D eigenvalue weighted by Crippen LogP contribution is 2.50. The molecule has 2 aromatic carbocycles. The van der Waals surface area contributed by atoms with Gasteiger partial charge in [-0.2, -0.15) is 0 Å². The van der Waals surface area contributed by atoms with E-state index in [-0.39, 0.29) is 34.7 Å². The summed E-state index contributed by atoms with van der Waals surface area (Å²) in [6.45, 7) is 0. The summed E-state index contributed by atoms with van der Waals surface area (Å²) in [7, 11) is -3.74. The highest BCUT2D eigenvalue weighted by molar-refractivity contribution is 7.90. The predicted octanol–water partition coefficient (Wildman–Crippen LogP) is 4.66. The van der Waals surface area contributed by atoms with Gasteiger partial charge in [-0.05, 0) is 65.3 Å². The zero-order valence-electron chi connectivity index (χ0n) is 17.7. The van der Waals surface area contributed by atoms with Crippen LogP contribution in [0.2, 0.25) is 0 Å². The zero-order valence-corrected chi connectivity index (χ0v) is 18.5. The van der Waals surface area contributed by atoms with Crippen LogP contribution in [0.15, 0.2) is 84.1 Å². The summed E-state index contributed by atoms with van der Waals surface area (Å²) in [5, 5.41) is 2.01. The number of rotatable bonds is 7. The average Bonchev–Trinajstić information content (AvgIpc) is 3.60. The van der Waals surface area contributed by atoms with Crippen LogP contribution in [-0.4, -0.2) is 24.2 Å². The summed E-state index contributed by atoms with van der Waals surface area (Å²) in [4.78, 5) is 21.2. The Bertz CT molecular complexity index is 1460. The Labute approximate surface area is 191 Å². The number of ketones is 1. The van der Waals surface area contributed by atoms with Crippen molar-refractivity contribution in [2.45, 2.75) is 29.4 Å². The van der Waals surface area contributed by atoms with Crippen molar-refractivity contribution in [2.24, 2.45) is 5.92 Å².